The van der Waals surface area contributed by atoms with Crippen LogP contribution >= 0.6 is 0 Å². The quantitative estimate of drug-likeness (QED) is 0.176. The van der Waals surface area contributed by atoms with E-state index >= 15 is 0 Å². The molecule has 1 amide bonds. The minimum atomic E-state index is -0.793. The van der Waals surface area contributed by atoms with Gasteiger partial charge in [0.2, 0.25) is 0 Å². The molecule has 1 aliphatic heterocycles. The smallest absolute Gasteiger partial charge is 0.295 e. The molecule has 0 saturated carbocycles. The van der Waals surface area contributed by atoms with Gasteiger partial charge in [-0.15, -0.1) is 0 Å². The lowest BCUT2D eigenvalue weighted by Gasteiger charge is -2.28. The van der Waals surface area contributed by atoms with E-state index in [1.165, 1.54) is 12.0 Å². The number of nitrogens with zero attached hydrogens (tertiary/aromatic N) is 2. The van der Waals surface area contributed by atoms with Crippen LogP contribution in [0.2, 0.25) is 0 Å². The Hall–Kier alpha value is -3.78. The molecule has 1 aliphatic rings. The Labute approximate surface area is 225 Å². The van der Waals surface area contributed by atoms with Crippen LogP contribution in [0.4, 0.5) is 0 Å². The fraction of sp³-hybridized carbons (Fsp3) is 0.400. The summed E-state index contributed by atoms with van der Waals surface area (Å²) in [6, 6.07) is 9.74. The highest BCUT2D eigenvalue weighted by atomic mass is 16.5. The maximum atomic E-state index is 13.4. The van der Waals surface area contributed by atoms with E-state index < -0.39 is 17.7 Å². The zero-order valence-corrected chi connectivity index (χ0v) is 23.0. The predicted octanol–water partition coefficient (Wildman–Crippen LogP) is 4.73. The number of Topliss-reactive ketones (excluding diaryl/α,β-unsaturated/α-hetero) is 1. The molecule has 0 radical (unpaired) electrons. The highest BCUT2D eigenvalue weighted by Gasteiger charge is 2.46. The first-order chi connectivity index (χ1) is 18.3. The standard InChI is InChI=1S/C30H38N2O6/c1-7-17-38-24-14-11-21(19-25(24)36-6)27-26(28(33)23-13-12-22(37-10-4)18-20(23)5)29(34)30(35)32(27)16-15-31(8-2)9-3/h7,11-14,18-19,27,33H,1,8-10,15-17H2,2-6H3. The Morgan fingerprint density at radius 1 is 1.08 bits per heavy atom. The number of aliphatic hydroxyl groups is 1. The van der Waals surface area contributed by atoms with E-state index in [-0.39, 0.29) is 11.3 Å². The maximum Gasteiger partial charge on any atom is 0.295 e. The highest BCUT2D eigenvalue weighted by Crippen LogP contribution is 2.42. The van der Waals surface area contributed by atoms with Crippen LogP contribution in [0.5, 0.6) is 17.2 Å². The summed E-state index contributed by atoms with van der Waals surface area (Å²) in [5.41, 5.74) is 1.88. The molecule has 0 aliphatic carbocycles. The van der Waals surface area contributed by atoms with Crippen molar-refractivity contribution >= 4 is 17.4 Å². The van der Waals surface area contributed by atoms with E-state index in [1.807, 2.05) is 13.8 Å². The van der Waals surface area contributed by atoms with Gasteiger partial charge in [0, 0.05) is 18.7 Å². The number of benzene rings is 2. The van der Waals surface area contributed by atoms with E-state index in [2.05, 4.69) is 25.3 Å². The topological polar surface area (TPSA) is 88.5 Å². The van der Waals surface area contributed by atoms with Crippen LogP contribution in [0.3, 0.4) is 0 Å². The molecule has 8 nitrogen and oxygen atoms in total. The van der Waals surface area contributed by atoms with Crippen molar-refractivity contribution in [3.63, 3.8) is 0 Å². The number of likely N-dealkylation sites (tertiary alicyclic amines) is 1. The summed E-state index contributed by atoms with van der Waals surface area (Å²) in [4.78, 5) is 30.5. The molecule has 1 saturated heterocycles. The molecular weight excluding hydrogens is 484 g/mol. The fourth-order valence-electron chi connectivity index (χ4n) is 4.67. The number of ether oxygens (including phenoxy) is 3. The van der Waals surface area contributed by atoms with Gasteiger partial charge >= 0.3 is 0 Å². The number of hydrogen-bond donors (Lipinski definition) is 1. The number of aliphatic hydroxyl groups excluding tert-OH is 1. The van der Waals surface area contributed by atoms with Crippen molar-refractivity contribution in [3.8, 4) is 17.2 Å². The van der Waals surface area contributed by atoms with Crippen molar-refractivity contribution in [2.24, 2.45) is 0 Å². The fourth-order valence-corrected chi connectivity index (χ4v) is 4.67. The van der Waals surface area contributed by atoms with Crippen LogP contribution in [-0.2, 0) is 9.59 Å². The number of carbonyl (C=O) groups is 2. The van der Waals surface area contributed by atoms with Gasteiger partial charge in [0.05, 0.1) is 25.3 Å². The highest BCUT2D eigenvalue weighted by molar-refractivity contribution is 6.46. The van der Waals surface area contributed by atoms with E-state index in [0.717, 1.165) is 18.7 Å². The van der Waals surface area contributed by atoms with E-state index in [0.29, 0.717) is 54.7 Å². The molecule has 0 aromatic heterocycles. The normalized spacial score (nSPS) is 16.7. The molecule has 8 heteroatoms. The summed E-state index contributed by atoms with van der Waals surface area (Å²) in [5.74, 6) is 0.0573. The second-order valence-electron chi connectivity index (χ2n) is 8.94. The van der Waals surface area contributed by atoms with Crippen LogP contribution in [-0.4, -0.2) is 73.1 Å². The molecule has 3 rings (SSSR count). The second kappa shape index (κ2) is 13.1. The molecule has 1 heterocycles. The van der Waals surface area contributed by atoms with Crippen LogP contribution in [0.1, 0.15) is 43.5 Å². The molecule has 1 atom stereocenters. The molecule has 0 spiro atoms. The first kappa shape index (κ1) is 28.8. The second-order valence-corrected chi connectivity index (χ2v) is 8.94. The van der Waals surface area contributed by atoms with Crippen LogP contribution in [0.15, 0.2) is 54.6 Å². The average Bonchev–Trinajstić information content (AvgIpc) is 3.17. The minimum Gasteiger partial charge on any atom is -0.507 e. The number of likely N-dealkylation sites (N-methyl/N-ethyl adjacent to an activating group) is 1. The molecule has 1 N–H and O–H groups in total. The third-order valence-electron chi connectivity index (χ3n) is 6.72. The lowest BCUT2D eigenvalue weighted by atomic mass is 9.93. The molecule has 1 fully saturated rings. The Morgan fingerprint density at radius 2 is 1.82 bits per heavy atom. The van der Waals surface area contributed by atoms with E-state index in [1.54, 1.807) is 42.5 Å². The first-order valence-electron chi connectivity index (χ1n) is 13.0. The largest absolute Gasteiger partial charge is 0.507 e. The van der Waals surface area contributed by atoms with Gasteiger partial charge < -0.3 is 29.1 Å². The molecule has 0 bridgehead atoms. The van der Waals surface area contributed by atoms with Crippen molar-refractivity contribution in [1.82, 2.24) is 9.80 Å². The van der Waals surface area contributed by atoms with Crippen LogP contribution in [0.25, 0.3) is 5.76 Å². The van der Waals surface area contributed by atoms with Crippen molar-refractivity contribution in [2.45, 2.75) is 33.7 Å². The van der Waals surface area contributed by atoms with Gasteiger partial charge in [-0.25, -0.2) is 0 Å². The van der Waals surface area contributed by atoms with Crippen molar-refractivity contribution < 1.29 is 28.9 Å². The number of rotatable bonds is 13. The Bertz CT molecular complexity index is 1200. The van der Waals surface area contributed by atoms with Gasteiger partial charge in [-0.2, -0.15) is 0 Å². The van der Waals surface area contributed by atoms with Gasteiger partial charge in [0.1, 0.15) is 18.1 Å². The van der Waals surface area contributed by atoms with Gasteiger partial charge in [-0.05, 0) is 68.4 Å². The summed E-state index contributed by atoms with van der Waals surface area (Å²) in [7, 11) is 1.53. The number of methoxy groups -OCH3 is 1. The lowest BCUT2D eigenvalue weighted by Crippen LogP contribution is -2.38. The SMILES string of the molecule is C=CCOc1ccc(C2C(=C(O)c3ccc(OCC)cc3C)C(=O)C(=O)N2CCN(CC)CC)cc1OC. The predicted molar refractivity (Wildman–Crippen MR) is 148 cm³/mol. The number of hydrogen-bond acceptors (Lipinski definition) is 7. The number of amides is 1. The molecule has 1 unspecified atom stereocenters. The van der Waals surface area contributed by atoms with Gasteiger partial charge in [-0.3, -0.25) is 9.59 Å². The first-order valence-corrected chi connectivity index (χ1v) is 13.0. The van der Waals surface area contributed by atoms with E-state index in [9.17, 15) is 14.7 Å². The van der Waals surface area contributed by atoms with Crippen molar-refractivity contribution in [3.05, 3.63) is 71.3 Å². The van der Waals surface area contributed by atoms with Gasteiger partial charge in [-0.1, -0.05) is 32.6 Å². The molecule has 2 aromatic rings. The zero-order chi connectivity index (χ0) is 27.8. The third kappa shape index (κ3) is 6.02. The Balaban J connectivity index is 2.15. The number of aryl methyl sites for hydroxylation is 1. The average molecular weight is 523 g/mol. The maximum absolute atomic E-state index is 13.4. The summed E-state index contributed by atoms with van der Waals surface area (Å²) >= 11 is 0. The third-order valence-corrected chi connectivity index (χ3v) is 6.72. The van der Waals surface area contributed by atoms with Crippen molar-refractivity contribution in [2.75, 3.05) is 46.5 Å². The summed E-state index contributed by atoms with van der Waals surface area (Å²) < 4.78 is 16.8. The number of ketones is 1. The van der Waals surface area contributed by atoms with Crippen LogP contribution < -0.4 is 14.2 Å². The lowest BCUT2D eigenvalue weighted by molar-refractivity contribution is -0.140. The van der Waals surface area contributed by atoms with Crippen LogP contribution in [0, 0.1) is 6.92 Å². The molecule has 204 valence electrons. The Morgan fingerprint density at radius 3 is 2.42 bits per heavy atom. The zero-order valence-electron chi connectivity index (χ0n) is 23.0. The van der Waals surface area contributed by atoms with Gasteiger partial charge in [0.25, 0.3) is 11.7 Å². The van der Waals surface area contributed by atoms with Crippen molar-refractivity contribution in [1.29, 1.82) is 0 Å². The minimum absolute atomic E-state index is 0.0450. The summed E-state index contributed by atoms with van der Waals surface area (Å²) in [6.45, 7) is 14.9. The summed E-state index contributed by atoms with van der Waals surface area (Å²) in [6.07, 6.45) is 1.63. The van der Waals surface area contributed by atoms with E-state index in [4.69, 9.17) is 14.2 Å². The summed E-state index contributed by atoms with van der Waals surface area (Å²) in [5, 5.41) is 11.5. The Kier molecular flexibility index (Phi) is 9.96. The molecular formula is C30H38N2O6. The number of carbonyl (C=O) groups excluding carboxylic acids is 2. The molecule has 2 aromatic carbocycles. The van der Waals surface area contributed by atoms with Gasteiger partial charge in [0.15, 0.2) is 11.5 Å². The monoisotopic (exact) mass is 522 g/mol. The molecule has 38 heavy (non-hydrogen) atoms.